The van der Waals surface area contributed by atoms with E-state index in [0.29, 0.717) is 11.0 Å². The van der Waals surface area contributed by atoms with Gasteiger partial charge in [0.1, 0.15) is 11.9 Å². The third-order valence-electron chi connectivity index (χ3n) is 4.24. The molecule has 2 nitrogen and oxygen atoms in total. The van der Waals surface area contributed by atoms with Crippen molar-refractivity contribution in [3.05, 3.63) is 29.6 Å². The number of hydrogen-bond acceptors (Lipinski definition) is 2. The van der Waals surface area contributed by atoms with E-state index in [4.69, 9.17) is 5.26 Å². The smallest absolute Gasteiger partial charge is 0.124 e. The molecule has 0 spiro atoms. The fraction of sp³-hybridized carbons (Fsp3) is 0.533. The summed E-state index contributed by atoms with van der Waals surface area (Å²) in [6, 6.07) is 6.57. The van der Waals surface area contributed by atoms with Crippen molar-refractivity contribution in [1.29, 1.82) is 5.26 Å². The quantitative estimate of drug-likeness (QED) is 0.795. The predicted molar refractivity (Wildman–Crippen MR) is 71.0 cm³/mol. The molecule has 2 rings (SSSR count). The molecule has 0 unspecified atom stereocenters. The first-order valence-corrected chi connectivity index (χ1v) is 6.52. The molecule has 96 valence electrons. The van der Waals surface area contributed by atoms with Crippen LogP contribution in [0.5, 0.6) is 0 Å². The molecule has 1 aliphatic rings. The topological polar surface area (TPSA) is 27.0 Å². The third kappa shape index (κ3) is 2.48. The minimum absolute atomic E-state index is 0.342. The highest BCUT2D eigenvalue weighted by Gasteiger charge is 2.29. The summed E-state index contributed by atoms with van der Waals surface area (Å²) in [5, 5.41) is 9.08. The summed E-state index contributed by atoms with van der Waals surface area (Å²) in [5.41, 5.74) is 1.73. The van der Waals surface area contributed by atoms with E-state index in [1.807, 2.05) is 0 Å². The molecule has 0 aliphatic carbocycles. The number of hydrogen-bond donors (Lipinski definition) is 0. The number of nitriles is 1. The van der Waals surface area contributed by atoms with Gasteiger partial charge in [-0.05, 0) is 36.5 Å². The zero-order valence-corrected chi connectivity index (χ0v) is 11.0. The van der Waals surface area contributed by atoms with E-state index in [9.17, 15) is 4.39 Å². The lowest BCUT2D eigenvalue weighted by atomic mass is 9.78. The second-order valence-corrected chi connectivity index (χ2v) is 5.42. The zero-order valence-electron chi connectivity index (χ0n) is 11.0. The van der Waals surface area contributed by atoms with Crippen molar-refractivity contribution in [2.45, 2.75) is 33.1 Å². The van der Waals surface area contributed by atoms with Gasteiger partial charge in [0, 0.05) is 13.1 Å². The van der Waals surface area contributed by atoms with E-state index in [2.05, 4.69) is 24.8 Å². The van der Waals surface area contributed by atoms with Gasteiger partial charge in [0.2, 0.25) is 0 Å². The van der Waals surface area contributed by atoms with Crippen LogP contribution in [0.3, 0.4) is 0 Å². The summed E-state index contributed by atoms with van der Waals surface area (Å²) in [6.07, 6.45) is 3.45. The van der Waals surface area contributed by atoms with Crippen LogP contribution in [0.25, 0.3) is 0 Å². The number of benzene rings is 1. The van der Waals surface area contributed by atoms with Crippen LogP contribution in [0.15, 0.2) is 18.2 Å². The van der Waals surface area contributed by atoms with Gasteiger partial charge in [0.05, 0.1) is 11.3 Å². The van der Waals surface area contributed by atoms with E-state index in [-0.39, 0.29) is 5.82 Å². The molecular formula is C15H19FN2. The maximum Gasteiger partial charge on any atom is 0.124 e. The Bertz CT molecular complexity index is 468. The molecule has 0 aromatic heterocycles. The molecule has 1 aromatic rings. The summed E-state index contributed by atoms with van der Waals surface area (Å²) in [7, 11) is 0. The van der Waals surface area contributed by atoms with Gasteiger partial charge in [-0.2, -0.15) is 5.26 Å². The summed E-state index contributed by atoms with van der Waals surface area (Å²) in [6.45, 7) is 6.45. The van der Waals surface area contributed by atoms with E-state index < -0.39 is 0 Å². The third-order valence-corrected chi connectivity index (χ3v) is 4.24. The second-order valence-electron chi connectivity index (χ2n) is 5.42. The van der Waals surface area contributed by atoms with Crippen LogP contribution in [0.4, 0.5) is 10.1 Å². The lowest BCUT2D eigenvalue weighted by Gasteiger charge is -2.40. The monoisotopic (exact) mass is 246 g/mol. The fourth-order valence-corrected chi connectivity index (χ4v) is 2.51. The fourth-order valence-electron chi connectivity index (χ4n) is 2.51. The second kappa shape index (κ2) is 4.97. The number of halogens is 1. The molecule has 1 aliphatic heterocycles. The first-order valence-electron chi connectivity index (χ1n) is 6.52. The van der Waals surface area contributed by atoms with Gasteiger partial charge in [-0.15, -0.1) is 0 Å². The van der Waals surface area contributed by atoms with Crippen LogP contribution in [0.1, 0.15) is 38.7 Å². The maximum absolute atomic E-state index is 13.1. The van der Waals surface area contributed by atoms with Crippen molar-refractivity contribution in [3.8, 4) is 6.07 Å². The van der Waals surface area contributed by atoms with Crippen molar-refractivity contribution in [2.75, 3.05) is 18.0 Å². The molecule has 0 bridgehead atoms. The minimum atomic E-state index is -0.342. The van der Waals surface area contributed by atoms with Crippen LogP contribution in [-0.4, -0.2) is 13.1 Å². The lowest BCUT2D eigenvalue weighted by Crippen LogP contribution is -2.38. The Kier molecular flexibility index (Phi) is 3.56. The van der Waals surface area contributed by atoms with E-state index in [1.54, 1.807) is 6.07 Å². The van der Waals surface area contributed by atoms with Gasteiger partial charge in [-0.25, -0.2) is 4.39 Å². The first-order chi connectivity index (χ1) is 8.58. The SMILES string of the molecule is CCC1(C)CCN(c2ccc(F)cc2C#N)CC1. The number of anilines is 1. The van der Waals surface area contributed by atoms with Crippen LogP contribution in [-0.2, 0) is 0 Å². The number of rotatable bonds is 2. The Balaban J connectivity index is 2.18. The highest BCUT2D eigenvalue weighted by atomic mass is 19.1. The highest BCUT2D eigenvalue weighted by molar-refractivity contribution is 5.59. The Labute approximate surface area is 108 Å². The van der Waals surface area contributed by atoms with Gasteiger partial charge < -0.3 is 4.90 Å². The molecule has 18 heavy (non-hydrogen) atoms. The van der Waals surface area contributed by atoms with Crippen LogP contribution >= 0.6 is 0 Å². The van der Waals surface area contributed by atoms with E-state index >= 15 is 0 Å². The number of nitrogens with zero attached hydrogens (tertiary/aromatic N) is 2. The molecule has 0 radical (unpaired) electrons. The molecule has 1 heterocycles. The Hall–Kier alpha value is -1.56. The standard InChI is InChI=1S/C15H19FN2/c1-3-15(2)6-8-18(9-7-15)14-5-4-13(16)10-12(14)11-17/h4-5,10H,3,6-9H2,1-2H3. The largest absolute Gasteiger partial charge is 0.370 e. The van der Waals surface area contributed by atoms with Crippen molar-refractivity contribution in [2.24, 2.45) is 5.41 Å². The Morgan fingerprint density at radius 1 is 1.39 bits per heavy atom. The molecule has 0 saturated carbocycles. The lowest BCUT2D eigenvalue weighted by molar-refractivity contribution is 0.238. The molecule has 1 fully saturated rings. The normalized spacial score (nSPS) is 18.4. The van der Waals surface area contributed by atoms with Crippen LogP contribution in [0.2, 0.25) is 0 Å². The van der Waals surface area contributed by atoms with Crippen LogP contribution in [0, 0.1) is 22.6 Å². The molecule has 0 N–H and O–H groups in total. The average molecular weight is 246 g/mol. The maximum atomic E-state index is 13.1. The van der Waals surface area contributed by atoms with Crippen LogP contribution < -0.4 is 4.90 Å². The van der Waals surface area contributed by atoms with Crippen molar-refractivity contribution in [1.82, 2.24) is 0 Å². The van der Waals surface area contributed by atoms with Gasteiger partial charge >= 0.3 is 0 Å². The summed E-state index contributed by atoms with van der Waals surface area (Å²) >= 11 is 0. The van der Waals surface area contributed by atoms with E-state index in [1.165, 1.54) is 18.6 Å². The van der Waals surface area contributed by atoms with Crippen molar-refractivity contribution < 1.29 is 4.39 Å². The molecule has 3 heteroatoms. The summed E-state index contributed by atoms with van der Waals surface area (Å²) in [5.74, 6) is -0.342. The zero-order chi connectivity index (χ0) is 13.2. The minimum Gasteiger partial charge on any atom is -0.370 e. The first kappa shape index (κ1) is 12.9. The van der Waals surface area contributed by atoms with Gasteiger partial charge in [0.25, 0.3) is 0 Å². The predicted octanol–water partition coefficient (Wildman–Crippen LogP) is 3.71. The van der Waals surface area contributed by atoms with Gasteiger partial charge in [0.15, 0.2) is 0 Å². The van der Waals surface area contributed by atoms with Crippen molar-refractivity contribution in [3.63, 3.8) is 0 Å². The molecule has 1 aromatic carbocycles. The van der Waals surface area contributed by atoms with Gasteiger partial charge in [-0.3, -0.25) is 0 Å². The van der Waals surface area contributed by atoms with Crippen molar-refractivity contribution >= 4 is 5.69 Å². The molecule has 1 saturated heterocycles. The Morgan fingerprint density at radius 2 is 2.06 bits per heavy atom. The van der Waals surface area contributed by atoms with E-state index in [0.717, 1.165) is 31.6 Å². The molecule has 0 amide bonds. The molecular weight excluding hydrogens is 227 g/mol. The van der Waals surface area contributed by atoms with Gasteiger partial charge in [-0.1, -0.05) is 20.3 Å². The molecule has 0 atom stereocenters. The number of piperidine rings is 1. The summed E-state index contributed by atoms with van der Waals surface area (Å²) < 4.78 is 13.1. The average Bonchev–Trinajstić information content (AvgIpc) is 2.40. The summed E-state index contributed by atoms with van der Waals surface area (Å²) in [4.78, 5) is 2.20. The highest BCUT2D eigenvalue weighted by Crippen LogP contribution is 2.36. The Morgan fingerprint density at radius 3 is 2.61 bits per heavy atom.